The first-order valence-electron chi connectivity index (χ1n) is 9.12. The summed E-state index contributed by atoms with van der Waals surface area (Å²) in [5.74, 6) is -1.72. The molecule has 1 N–H and O–H groups in total. The number of benzene rings is 2. The Labute approximate surface area is 194 Å². The van der Waals surface area contributed by atoms with Gasteiger partial charge in [-0.25, -0.2) is 12.8 Å². The van der Waals surface area contributed by atoms with Crippen molar-refractivity contribution >= 4 is 55.1 Å². The smallest absolute Gasteiger partial charge is 0.244 e. The first kappa shape index (κ1) is 25.1. The monoisotopic (exact) mass is 533 g/mol. The Bertz CT molecular complexity index is 1070. The van der Waals surface area contributed by atoms with Crippen molar-refractivity contribution < 1.29 is 22.4 Å². The molecular formula is C20H22BrClFN3O4S. The Balaban J connectivity index is 2.39. The molecule has 0 saturated heterocycles. The van der Waals surface area contributed by atoms with Gasteiger partial charge in [0.2, 0.25) is 21.8 Å². The summed E-state index contributed by atoms with van der Waals surface area (Å²) in [4.78, 5) is 26.7. The van der Waals surface area contributed by atoms with E-state index in [0.29, 0.717) is 0 Å². The molecule has 11 heteroatoms. The molecule has 2 aromatic carbocycles. The molecule has 7 nitrogen and oxygen atoms in total. The van der Waals surface area contributed by atoms with E-state index in [1.54, 1.807) is 31.2 Å². The van der Waals surface area contributed by atoms with Crippen LogP contribution in [0.15, 0.2) is 46.9 Å². The van der Waals surface area contributed by atoms with Gasteiger partial charge in [0.25, 0.3) is 0 Å². The van der Waals surface area contributed by atoms with E-state index >= 15 is 0 Å². The lowest BCUT2D eigenvalue weighted by molar-refractivity contribution is -0.139. The molecule has 0 aliphatic carbocycles. The highest BCUT2D eigenvalue weighted by Crippen LogP contribution is 2.25. The van der Waals surface area contributed by atoms with Crippen LogP contribution < -0.4 is 9.62 Å². The third-order valence-electron chi connectivity index (χ3n) is 4.55. The van der Waals surface area contributed by atoms with Crippen molar-refractivity contribution in [3.05, 3.63) is 63.3 Å². The lowest BCUT2D eigenvalue weighted by Crippen LogP contribution is -2.50. The molecular weight excluding hydrogens is 513 g/mol. The van der Waals surface area contributed by atoms with Gasteiger partial charge in [-0.15, -0.1) is 0 Å². The third kappa shape index (κ3) is 6.65. The Hall–Kier alpha value is -2.17. The average Bonchev–Trinajstić information content (AvgIpc) is 2.71. The lowest BCUT2D eigenvalue weighted by atomic mass is 10.1. The summed E-state index contributed by atoms with van der Waals surface area (Å²) in [6, 6.07) is 9.68. The van der Waals surface area contributed by atoms with Gasteiger partial charge >= 0.3 is 0 Å². The maximum atomic E-state index is 13.5. The number of carbonyl (C=O) groups excluding carboxylic acids is 2. The number of hydrogen-bond donors (Lipinski definition) is 1. The average molecular weight is 535 g/mol. The number of halogens is 3. The lowest BCUT2D eigenvalue weighted by Gasteiger charge is -2.31. The maximum absolute atomic E-state index is 13.5. The van der Waals surface area contributed by atoms with Gasteiger partial charge in [0.05, 0.1) is 17.0 Å². The summed E-state index contributed by atoms with van der Waals surface area (Å²) in [5.41, 5.74) is 0.793. The summed E-state index contributed by atoms with van der Waals surface area (Å²) in [7, 11) is -2.46. The van der Waals surface area contributed by atoms with Gasteiger partial charge in [-0.2, -0.15) is 0 Å². The Kier molecular flexibility index (Phi) is 8.44. The minimum atomic E-state index is -3.91. The molecule has 1 unspecified atom stereocenters. The van der Waals surface area contributed by atoms with Crippen LogP contribution in [0.2, 0.25) is 5.02 Å². The number of sulfonamides is 1. The number of likely N-dealkylation sites (N-methyl/N-ethyl adjacent to an activating group) is 1. The van der Waals surface area contributed by atoms with Gasteiger partial charge < -0.3 is 10.2 Å². The number of nitrogens with zero attached hydrogens (tertiary/aromatic N) is 2. The number of hydrogen-bond acceptors (Lipinski definition) is 4. The highest BCUT2D eigenvalue weighted by Gasteiger charge is 2.29. The molecule has 0 spiro atoms. The second kappa shape index (κ2) is 10.4. The van der Waals surface area contributed by atoms with E-state index in [4.69, 9.17) is 11.6 Å². The molecule has 2 amide bonds. The van der Waals surface area contributed by atoms with Crippen LogP contribution in [-0.2, 0) is 26.2 Å². The van der Waals surface area contributed by atoms with Crippen molar-refractivity contribution in [2.45, 2.75) is 19.5 Å². The molecule has 0 aliphatic heterocycles. The van der Waals surface area contributed by atoms with Crippen LogP contribution in [0.3, 0.4) is 0 Å². The van der Waals surface area contributed by atoms with Crippen molar-refractivity contribution in [2.75, 3.05) is 24.2 Å². The van der Waals surface area contributed by atoms with E-state index < -0.39 is 40.2 Å². The topological polar surface area (TPSA) is 86.8 Å². The predicted octanol–water partition coefficient (Wildman–Crippen LogP) is 3.17. The Morgan fingerprint density at radius 2 is 1.81 bits per heavy atom. The highest BCUT2D eigenvalue weighted by molar-refractivity contribution is 9.10. The number of anilines is 1. The van der Waals surface area contributed by atoms with Crippen LogP contribution in [-0.4, -0.2) is 51.0 Å². The number of amides is 2. The van der Waals surface area contributed by atoms with Crippen LogP contribution in [0, 0.1) is 5.82 Å². The van der Waals surface area contributed by atoms with Gasteiger partial charge in [0.1, 0.15) is 18.4 Å². The summed E-state index contributed by atoms with van der Waals surface area (Å²) >= 11 is 9.13. The maximum Gasteiger partial charge on any atom is 0.244 e. The third-order valence-corrected chi connectivity index (χ3v) is 6.51. The van der Waals surface area contributed by atoms with E-state index in [1.807, 2.05) is 0 Å². The Morgan fingerprint density at radius 3 is 2.32 bits per heavy atom. The van der Waals surface area contributed by atoms with Crippen LogP contribution in [0.5, 0.6) is 0 Å². The molecule has 0 bridgehead atoms. The van der Waals surface area contributed by atoms with Crippen LogP contribution in [0.4, 0.5) is 10.1 Å². The summed E-state index contributed by atoms with van der Waals surface area (Å²) in [6.07, 6.45) is 0.929. The van der Waals surface area contributed by atoms with Crippen molar-refractivity contribution in [1.29, 1.82) is 0 Å². The van der Waals surface area contributed by atoms with Gasteiger partial charge in [0, 0.05) is 18.1 Å². The minimum absolute atomic E-state index is 0.0402. The molecule has 0 radical (unpaired) electrons. The van der Waals surface area contributed by atoms with Crippen molar-refractivity contribution in [3.63, 3.8) is 0 Å². The van der Waals surface area contributed by atoms with Gasteiger partial charge in [-0.1, -0.05) is 39.7 Å². The van der Waals surface area contributed by atoms with E-state index in [9.17, 15) is 22.4 Å². The van der Waals surface area contributed by atoms with Crippen LogP contribution in [0.1, 0.15) is 12.5 Å². The molecule has 31 heavy (non-hydrogen) atoms. The van der Waals surface area contributed by atoms with E-state index in [0.717, 1.165) is 32.7 Å². The second-order valence-corrected chi connectivity index (χ2v) is 10.0. The molecule has 0 aliphatic rings. The van der Waals surface area contributed by atoms with E-state index in [-0.39, 0.29) is 17.3 Å². The standard InChI is InChI=1S/C20H22BrClFN3O4S/c1-13(20(28)24-2)25(11-14-4-6-15(21)7-5-14)19(27)12-26(31(3,29)30)16-8-9-18(23)17(22)10-16/h4-10,13H,11-12H2,1-3H3,(H,24,28). The zero-order chi connectivity index (χ0) is 23.3. The molecule has 0 heterocycles. The fourth-order valence-corrected chi connectivity index (χ4v) is 4.11. The second-order valence-electron chi connectivity index (χ2n) is 6.81. The zero-order valence-corrected chi connectivity index (χ0v) is 20.3. The number of carbonyl (C=O) groups is 2. The van der Waals surface area contributed by atoms with Crippen molar-refractivity contribution in [3.8, 4) is 0 Å². The van der Waals surface area contributed by atoms with Gasteiger partial charge in [0.15, 0.2) is 0 Å². The van der Waals surface area contributed by atoms with E-state index in [2.05, 4.69) is 21.2 Å². The van der Waals surface area contributed by atoms with Crippen molar-refractivity contribution in [1.82, 2.24) is 10.2 Å². The molecule has 2 rings (SSSR count). The first-order valence-corrected chi connectivity index (χ1v) is 12.1. The Morgan fingerprint density at radius 1 is 1.19 bits per heavy atom. The van der Waals surface area contributed by atoms with Crippen LogP contribution in [0.25, 0.3) is 0 Å². The van der Waals surface area contributed by atoms with Gasteiger partial charge in [-0.05, 0) is 42.8 Å². The predicted molar refractivity (Wildman–Crippen MR) is 122 cm³/mol. The summed E-state index contributed by atoms with van der Waals surface area (Å²) < 4.78 is 40.0. The quantitative estimate of drug-likeness (QED) is 0.564. The number of rotatable bonds is 8. The summed E-state index contributed by atoms with van der Waals surface area (Å²) in [6.45, 7) is 1.05. The van der Waals surface area contributed by atoms with Gasteiger partial charge in [-0.3, -0.25) is 13.9 Å². The van der Waals surface area contributed by atoms with Crippen LogP contribution >= 0.6 is 27.5 Å². The molecule has 1 atom stereocenters. The normalized spacial score (nSPS) is 12.2. The zero-order valence-electron chi connectivity index (χ0n) is 17.1. The first-order chi connectivity index (χ1) is 14.4. The highest BCUT2D eigenvalue weighted by atomic mass is 79.9. The fraction of sp³-hybridized carbons (Fsp3) is 0.300. The van der Waals surface area contributed by atoms with Crippen molar-refractivity contribution in [2.24, 2.45) is 0 Å². The fourth-order valence-electron chi connectivity index (χ4n) is 2.83. The SMILES string of the molecule is CNC(=O)C(C)N(Cc1ccc(Br)cc1)C(=O)CN(c1ccc(F)c(Cl)c1)S(C)(=O)=O. The molecule has 2 aromatic rings. The molecule has 0 saturated carbocycles. The summed E-state index contributed by atoms with van der Waals surface area (Å²) in [5, 5.41) is 2.22. The molecule has 0 aromatic heterocycles. The molecule has 168 valence electrons. The molecule has 0 fully saturated rings. The number of nitrogens with one attached hydrogen (secondary N) is 1. The largest absolute Gasteiger partial charge is 0.357 e. The minimum Gasteiger partial charge on any atom is -0.357 e. The van der Waals surface area contributed by atoms with E-state index in [1.165, 1.54) is 18.0 Å².